The van der Waals surface area contributed by atoms with E-state index in [0.717, 1.165) is 16.6 Å². The van der Waals surface area contributed by atoms with Gasteiger partial charge in [-0.3, -0.25) is 4.98 Å². The van der Waals surface area contributed by atoms with E-state index in [4.69, 9.17) is 0 Å². The van der Waals surface area contributed by atoms with Crippen molar-refractivity contribution in [1.29, 1.82) is 0 Å². The van der Waals surface area contributed by atoms with Crippen molar-refractivity contribution in [1.82, 2.24) is 10.3 Å². The molecule has 4 heteroatoms. The predicted octanol–water partition coefficient (Wildman–Crippen LogP) is 1.99. The SMILES string of the molecule is CNC(=O)Nc1ccc2ncccc2c1. The number of pyridine rings is 1. The van der Waals surface area contributed by atoms with E-state index in [1.165, 1.54) is 0 Å². The Hall–Kier alpha value is -2.10. The highest BCUT2D eigenvalue weighted by molar-refractivity contribution is 5.92. The lowest BCUT2D eigenvalue weighted by atomic mass is 10.2. The van der Waals surface area contributed by atoms with Gasteiger partial charge in [0.2, 0.25) is 0 Å². The van der Waals surface area contributed by atoms with Crippen molar-refractivity contribution in [2.24, 2.45) is 0 Å². The highest BCUT2D eigenvalue weighted by Gasteiger charge is 1.99. The second kappa shape index (κ2) is 3.96. The van der Waals surface area contributed by atoms with Crippen molar-refractivity contribution in [3.8, 4) is 0 Å². The molecule has 2 rings (SSSR count). The molecule has 0 unspecified atom stereocenters. The van der Waals surface area contributed by atoms with Gasteiger partial charge in [-0.2, -0.15) is 0 Å². The number of urea groups is 1. The molecule has 0 atom stereocenters. The Morgan fingerprint density at radius 3 is 3.00 bits per heavy atom. The Morgan fingerprint density at radius 1 is 1.33 bits per heavy atom. The lowest BCUT2D eigenvalue weighted by Gasteiger charge is -2.04. The molecule has 0 saturated heterocycles. The van der Waals surface area contributed by atoms with Crippen LogP contribution < -0.4 is 10.6 Å². The Labute approximate surface area is 87.3 Å². The standard InChI is InChI=1S/C11H11N3O/c1-12-11(15)14-9-4-5-10-8(7-9)3-2-6-13-10/h2-7H,1H3,(H2,12,14,15). The summed E-state index contributed by atoms with van der Waals surface area (Å²) in [6.45, 7) is 0. The van der Waals surface area contributed by atoms with E-state index >= 15 is 0 Å². The molecule has 1 heterocycles. The van der Waals surface area contributed by atoms with Crippen molar-refractivity contribution < 1.29 is 4.79 Å². The fourth-order valence-electron chi connectivity index (χ4n) is 1.35. The summed E-state index contributed by atoms with van der Waals surface area (Å²) < 4.78 is 0. The van der Waals surface area contributed by atoms with Crippen LogP contribution in [0, 0.1) is 0 Å². The first-order chi connectivity index (χ1) is 7.29. The first kappa shape index (κ1) is 9.45. The van der Waals surface area contributed by atoms with Gasteiger partial charge in [-0.15, -0.1) is 0 Å². The first-order valence-electron chi connectivity index (χ1n) is 4.63. The van der Waals surface area contributed by atoms with Crippen molar-refractivity contribution in [3.05, 3.63) is 36.5 Å². The molecule has 0 aliphatic rings. The van der Waals surface area contributed by atoms with Gasteiger partial charge < -0.3 is 10.6 Å². The minimum absolute atomic E-state index is 0.224. The minimum Gasteiger partial charge on any atom is -0.341 e. The number of rotatable bonds is 1. The van der Waals surface area contributed by atoms with Gasteiger partial charge in [0.05, 0.1) is 5.52 Å². The Morgan fingerprint density at radius 2 is 2.20 bits per heavy atom. The molecule has 76 valence electrons. The summed E-state index contributed by atoms with van der Waals surface area (Å²) in [5.41, 5.74) is 1.68. The van der Waals surface area contributed by atoms with E-state index in [-0.39, 0.29) is 6.03 Å². The third kappa shape index (κ3) is 2.04. The molecule has 15 heavy (non-hydrogen) atoms. The van der Waals surface area contributed by atoms with E-state index in [2.05, 4.69) is 15.6 Å². The smallest absolute Gasteiger partial charge is 0.318 e. The molecular formula is C11H11N3O. The highest BCUT2D eigenvalue weighted by Crippen LogP contribution is 2.16. The fourth-order valence-corrected chi connectivity index (χ4v) is 1.35. The molecule has 2 N–H and O–H groups in total. The normalized spacial score (nSPS) is 9.93. The van der Waals surface area contributed by atoms with E-state index < -0.39 is 0 Å². The second-order valence-electron chi connectivity index (χ2n) is 3.12. The zero-order valence-electron chi connectivity index (χ0n) is 8.32. The van der Waals surface area contributed by atoms with Gasteiger partial charge in [-0.05, 0) is 24.3 Å². The van der Waals surface area contributed by atoms with Gasteiger partial charge in [0.15, 0.2) is 0 Å². The topological polar surface area (TPSA) is 54.0 Å². The van der Waals surface area contributed by atoms with E-state index in [9.17, 15) is 4.79 Å². The van der Waals surface area contributed by atoms with Crippen LogP contribution in [0.3, 0.4) is 0 Å². The Balaban J connectivity index is 2.34. The number of aromatic nitrogens is 1. The molecule has 0 aliphatic heterocycles. The van der Waals surface area contributed by atoms with Crippen LogP contribution in [0.25, 0.3) is 10.9 Å². The zero-order chi connectivity index (χ0) is 10.7. The molecule has 1 aromatic heterocycles. The summed E-state index contributed by atoms with van der Waals surface area (Å²) in [6.07, 6.45) is 1.74. The number of hydrogen-bond acceptors (Lipinski definition) is 2. The third-order valence-corrected chi connectivity index (χ3v) is 2.09. The Kier molecular flexibility index (Phi) is 2.49. The fraction of sp³-hybridized carbons (Fsp3) is 0.0909. The molecule has 2 amide bonds. The van der Waals surface area contributed by atoms with Crippen molar-refractivity contribution in [3.63, 3.8) is 0 Å². The van der Waals surface area contributed by atoms with E-state index in [0.29, 0.717) is 0 Å². The quantitative estimate of drug-likeness (QED) is 0.741. The molecule has 0 aliphatic carbocycles. The maximum atomic E-state index is 11.1. The van der Waals surface area contributed by atoms with Crippen LogP contribution in [0.4, 0.5) is 10.5 Å². The number of hydrogen-bond donors (Lipinski definition) is 2. The van der Waals surface area contributed by atoms with E-state index in [1.54, 1.807) is 13.2 Å². The summed E-state index contributed by atoms with van der Waals surface area (Å²) in [6, 6.07) is 9.19. The van der Waals surface area contributed by atoms with Gasteiger partial charge >= 0.3 is 6.03 Å². The third-order valence-electron chi connectivity index (χ3n) is 2.09. The molecular weight excluding hydrogens is 190 g/mol. The first-order valence-corrected chi connectivity index (χ1v) is 4.63. The largest absolute Gasteiger partial charge is 0.341 e. The monoisotopic (exact) mass is 201 g/mol. The lowest BCUT2D eigenvalue weighted by Crippen LogP contribution is -2.24. The van der Waals surface area contributed by atoms with E-state index in [1.807, 2.05) is 30.3 Å². The van der Waals surface area contributed by atoms with Gasteiger partial charge in [0.1, 0.15) is 0 Å². The molecule has 0 bridgehead atoms. The van der Waals surface area contributed by atoms with Crippen molar-refractivity contribution in [2.45, 2.75) is 0 Å². The second-order valence-corrected chi connectivity index (χ2v) is 3.12. The lowest BCUT2D eigenvalue weighted by molar-refractivity contribution is 0.254. The van der Waals surface area contributed by atoms with Crippen LogP contribution in [-0.4, -0.2) is 18.1 Å². The van der Waals surface area contributed by atoms with Crippen molar-refractivity contribution >= 4 is 22.6 Å². The number of fused-ring (bicyclic) bond motifs is 1. The average Bonchev–Trinajstić information content (AvgIpc) is 2.29. The summed E-state index contributed by atoms with van der Waals surface area (Å²) in [4.78, 5) is 15.3. The minimum atomic E-state index is -0.224. The number of nitrogens with zero attached hydrogens (tertiary/aromatic N) is 1. The molecule has 2 aromatic rings. The number of carbonyl (C=O) groups is 1. The molecule has 0 fully saturated rings. The number of amides is 2. The number of benzene rings is 1. The Bertz CT molecular complexity index is 496. The zero-order valence-corrected chi connectivity index (χ0v) is 8.32. The highest BCUT2D eigenvalue weighted by atomic mass is 16.2. The summed E-state index contributed by atoms with van der Waals surface area (Å²) in [7, 11) is 1.58. The summed E-state index contributed by atoms with van der Waals surface area (Å²) in [5, 5.41) is 6.21. The number of nitrogens with one attached hydrogen (secondary N) is 2. The molecule has 4 nitrogen and oxygen atoms in total. The van der Waals surface area contributed by atoms with Crippen LogP contribution in [0.2, 0.25) is 0 Å². The molecule has 0 radical (unpaired) electrons. The molecule has 0 saturated carbocycles. The number of anilines is 1. The van der Waals surface area contributed by atoms with Gasteiger partial charge in [-0.25, -0.2) is 4.79 Å². The molecule has 0 spiro atoms. The van der Waals surface area contributed by atoms with Crippen LogP contribution in [0.1, 0.15) is 0 Å². The van der Waals surface area contributed by atoms with Crippen LogP contribution in [0.15, 0.2) is 36.5 Å². The predicted molar refractivity (Wildman–Crippen MR) is 59.8 cm³/mol. The van der Waals surface area contributed by atoms with Crippen LogP contribution >= 0.6 is 0 Å². The maximum absolute atomic E-state index is 11.1. The van der Waals surface area contributed by atoms with Crippen molar-refractivity contribution in [2.75, 3.05) is 12.4 Å². The van der Waals surface area contributed by atoms with Gasteiger partial charge in [-0.1, -0.05) is 6.07 Å². The average molecular weight is 201 g/mol. The number of carbonyl (C=O) groups excluding carboxylic acids is 1. The molecule has 1 aromatic carbocycles. The summed E-state index contributed by atoms with van der Waals surface area (Å²) >= 11 is 0. The van der Waals surface area contributed by atoms with Gasteiger partial charge in [0, 0.05) is 24.3 Å². The maximum Gasteiger partial charge on any atom is 0.318 e. The van der Waals surface area contributed by atoms with Crippen LogP contribution in [0.5, 0.6) is 0 Å². The van der Waals surface area contributed by atoms with Gasteiger partial charge in [0.25, 0.3) is 0 Å². The van der Waals surface area contributed by atoms with Crippen LogP contribution in [-0.2, 0) is 0 Å². The summed E-state index contributed by atoms with van der Waals surface area (Å²) in [5.74, 6) is 0.